The van der Waals surface area contributed by atoms with Crippen molar-refractivity contribution < 1.29 is 13.9 Å². The largest absolute Gasteiger partial charge is 0.497 e. The van der Waals surface area contributed by atoms with Crippen LogP contribution in [0.2, 0.25) is 0 Å². The van der Waals surface area contributed by atoms with Crippen LogP contribution in [0.3, 0.4) is 0 Å². The van der Waals surface area contributed by atoms with Crippen LogP contribution in [-0.4, -0.2) is 19.6 Å². The van der Waals surface area contributed by atoms with Gasteiger partial charge >= 0.3 is 0 Å². The molecular formula is C15H15FN2O2. The van der Waals surface area contributed by atoms with Crippen molar-refractivity contribution in [1.29, 1.82) is 0 Å². The molecule has 0 fully saturated rings. The van der Waals surface area contributed by atoms with Crippen LogP contribution >= 0.6 is 0 Å². The molecule has 2 N–H and O–H groups in total. The number of anilines is 2. The zero-order chi connectivity index (χ0) is 14.4. The maximum atomic E-state index is 12.7. The average Bonchev–Trinajstić information content (AvgIpc) is 2.47. The first-order chi connectivity index (χ1) is 9.67. The summed E-state index contributed by atoms with van der Waals surface area (Å²) in [6.45, 7) is 0.109. The van der Waals surface area contributed by atoms with Gasteiger partial charge in [0.05, 0.1) is 13.7 Å². The van der Waals surface area contributed by atoms with Crippen molar-refractivity contribution in [2.45, 2.75) is 0 Å². The van der Waals surface area contributed by atoms with Gasteiger partial charge in [-0.15, -0.1) is 0 Å². The Morgan fingerprint density at radius 3 is 2.25 bits per heavy atom. The summed E-state index contributed by atoms with van der Waals surface area (Å²) in [6, 6.07) is 12.9. The number of ether oxygens (including phenoxy) is 1. The molecule has 0 unspecified atom stereocenters. The number of hydrogen-bond acceptors (Lipinski definition) is 3. The minimum absolute atomic E-state index is 0.109. The highest BCUT2D eigenvalue weighted by Crippen LogP contribution is 2.15. The fourth-order valence-corrected chi connectivity index (χ4v) is 1.63. The van der Waals surface area contributed by atoms with E-state index in [2.05, 4.69) is 10.6 Å². The Morgan fingerprint density at radius 2 is 1.65 bits per heavy atom. The molecule has 0 aliphatic rings. The highest BCUT2D eigenvalue weighted by Gasteiger charge is 2.02. The SMILES string of the molecule is COc1ccc(NC(=O)CNc2ccc(F)cc2)cc1. The van der Waals surface area contributed by atoms with Crippen LogP contribution in [0.15, 0.2) is 48.5 Å². The third-order valence-corrected chi connectivity index (χ3v) is 2.67. The Kier molecular flexibility index (Phi) is 4.55. The van der Waals surface area contributed by atoms with Gasteiger partial charge in [0.25, 0.3) is 0 Å². The van der Waals surface area contributed by atoms with E-state index in [-0.39, 0.29) is 18.3 Å². The van der Waals surface area contributed by atoms with Gasteiger partial charge in [0.15, 0.2) is 0 Å². The van der Waals surface area contributed by atoms with E-state index in [9.17, 15) is 9.18 Å². The van der Waals surface area contributed by atoms with Crippen LogP contribution in [0.5, 0.6) is 5.75 Å². The van der Waals surface area contributed by atoms with Gasteiger partial charge in [-0.1, -0.05) is 0 Å². The molecule has 1 amide bonds. The van der Waals surface area contributed by atoms with Gasteiger partial charge in [0.2, 0.25) is 5.91 Å². The lowest BCUT2D eigenvalue weighted by atomic mass is 10.3. The summed E-state index contributed by atoms with van der Waals surface area (Å²) < 4.78 is 17.8. The quantitative estimate of drug-likeness (QED) is 0.881. The first-order valence-corrected chi connectivity index (χ1v) is 6.11. The Bertz CT molecular complexity index is 567. The number of halogens is 1. The maximum absolute atomic E-state index is 12.7. The van der Waals surface area contributed by atoms with Crippen LogP contribution in [0.25, 0.3) is 0 Å². The molecule has 20 heavy (non-hydrogen) atoms. The monoisotopic (exact) mass is 274 g/mol. The molecule has 5 heteroatoms. The lowest BCUT2D eigenvalue weighted by molar-refractivity contribution is -0.114. The summed E-state index contributed by atoms with van der Waals surface area (Å²) in [5, 5.41) is 5.65. The minimum atomic E-state index is -0.307. The summed E-state index contributed by atoms with van der Waals surface area (Å²) in [7, 11) is 1.58. The molecule has 0 aliphatic heterocycles. The van der Waals surface area contributed by atoms with Crippen molar-refractivity contribution in [2.24, 2.45) is 0 Å². The molecule has 0 aliphatic carbocycles. The van der Waals surface area contributed by atoms with E-state index in [1.54, 1.807) is 43.5 Å². The fourth-order valence-electron chi connectivity index (χ4n) is 1.63. The van der Waals surface area contributed by atoms with E-state index < -0.39 is 0 Å². The number of carbonyl (C=O) groups excluding carboxylic acids is 1. The molecule has 0 heterocycles. The minimum Gasteiger partial charge on any atom is -0.497 e. The second kappa shape index (κ2) is 6.56. The van der Waals surface area contributed by atoms with E-state index in [1.165, 1.54) is 12.1 Å². The van der Waals surface area contributed by atoms with Crippen molar-refractivity contribution in [2.75, 3.05) is 24.3 Å². The highest BCUT2D eigenvalue weighted by molar-refractivity contribution is 5.93. The second-order valence-corrected chi connectivity index (χ2v) is 4.14. The molecule has 0 atom stereocenters. The van der Waals surface area contributed by atoms with E-state index in [0.717, 1.165) is 5.75 Å². The summed E-state index contributed by atoms with van der Waals surface area (Å²) >= 11 is 0. The van der Waals surface area contributed by atoms with Gasteiger partial charge in [-0.2, -0.15) is 0 Å². The third-order valence-electron chi connectivity index (χ3n) is 2.67. The molecule has 0 radical (unpaired) electrons. The van der Waals surface area contributed by atoms with Gasteiger partial charge in [-0.3, -0.25) is 4.79 Å². The number of rotatable bonds is 5. The normalized spacial score (nSPS) is 9.90. The molecule has 104 valence electrons. The van der Waals surface area contributed by atoms with Gasteiger partial charge in [-0.25, -0.2) is 4.39 Å². The molecule has 0 saturated carbocycles. The molecule has 2 aromatic carbocycles. The molecule has 0 spiro atoms. The molecular weight excluding hydrogens is 259 g/mol. The van der Waals surface area contributed by atoms with Crippen molar-refractivity contribution in [3.8, 4) is 5.75 Å². The van der Waals surface area contributed by atoms with Crippen LogP contribution in [0.4, 0.5) is 15.8 Å². The number of nitrogens with one attached hydrogen (secondary N) is 2. The Morgan fingerprint density at radius 1 is 1.05 bits per heavy atom. The summed E-state index contributed by atoms with van der Waals surface area (Å²) in [5.74, 6) is 0.241. The zero-order valence-electron chi connectivity index (χ0n) is 11.0. The topological polar surface area (TPSA) is 50.4 Å². The first kappa shape index (κ1) is 13.9. The number of methoxy groups -OCH3 is 1. The third kappa shape index (κ3) is 3.98. The Hall–Kier alpha value is -2.56. The van der Waals surface area contributed by atoms with Crippen molar-refractivity contribution >= 4 is 17.3 Å². The number of benzene rings is 2. The van der Waals surface area contributed by atoms with Crippen molar-refractivity contribution in [1.82, 2.24) is 0 Å². The Labute approximate surface area is 116 Å². The lowest BCUT2D eigenvalue weighted by Gasteiger charge is -2.08. The molecule has 2 aromatic rings. The van der Waals surface area contributed by atoms with Gasteiger partial charge in [0, 0.05) is 11.4 Å². The predicted octanol–water partition coefficient (Wildman–Crippen LogP) is 2.88. The Balaban J connectivity index is 1.84. The van der Waals surface area contributed by atoms with E-state index >= 15 is 0 Å². The first-order valence-electron chi connectivity index (χ1n) is 6.11. The highest BCUT2D eigenvalue weighted by atomic mass is 19.1. The van der Waals surface area contributed by atoms with Crippen molar-refractivity contribution in [3.05, 3.63) is 54.3 Å². The van der Waals surface area contributed by atoms with Crippen LogP contribution in [-0.2, 0) is 4.79 Å². The molecule has 0 saturated heterocycles. The van der Waals surface area contributed by atoms with E-state index in [4.69, 9.17) is 4.74 Å². The molecule has 2 rings (SSSR count). The second-order valence-electron chi connectivity index (χ2n) is 4.14. The molecule has 0 aromatic heterocycles. The summed E-state index contributed by atoms with van der Waals surface area (Å²) in [5.41, 5.74) is 1.38. The smallest absolute Gasteiger partial charge is 0.243 e. The number of carbonyl (C=O) groups is 1. The predicted molar refractivity (Wildman–Crippen MR) is 76.5 cm³/mol. The van der Waals surface area contributed by atoms with Gasteiger partial charge in [-0.05, 0) is 48.5 Å². The summed E-state index contributed by atoms with van der Waals surface area (Å²) in [6.07, 6.45) is 0. The number of amides is 1. The summed E-state index contributed by atoms with van der Waals surface area (Å²) in [4.78, 5) is 11.7. The molecule has 0 bridgehead atoms. The van der Waals surface area contributed by atoms with Crippen LogP contribution in [0, 0.1) is 5.82 Å². The average molecular weight is 274 g/mol. The van der Waals surface area contributed by atoms with Gasteiger partial charge < -0.3 is 15.4 Å². The standard InChI is InChI=1S/C15H15FN2O2/c1-20-14-8-6-13(7-9-14)18-15(19)10-17-12-4-2-11(16)3-5-12/h2-9,17H,10H2,1H3,(H,18,19). The van der Waals surface area contributed by atoms with E-state index in [0.29, 0.717) is 11.4 Å². The number of hydrogen-bond donors (Lipinski definition) is 2. The molecule has 4 nitrogen and oxygen atoms in total. The fraction of sp³-hybridized carbons (Fsp3) is 0.133. The van der Waals surface area contributed by atoms with Crippen LogP contribution < -0.4 is 15.4 Å². The van der Waals surface area contributed by atoms with Crippen molar-refractivity contribution in [3.63, 3.8) is 0 Å². The van der Waals surface area contributed by atoms with Crippen LogP contribution in [0.1, 0.15) is 0 Å². The zero-order valence-corrected chi connectivity index (χ0v) is 11.0. The van der Waals surface area contributed by atoms with Gasteiger partial charge in [0.1, 0.15) is 11.6 Å². The lowest BCUT2D eigenvalue weighted by Crippen LogP contribution is -2.21. The van der Waals surface area contributed by atoms with E-state index in [1.807, 2.05) is 0 Å². The maximum Gasteiger partial charge on any atom is 0.243 e.